The normalized spacial score (nSPS) is 26.4. The van der Waals surface area contributed by atoms with Crippen LogP contribution in [0.1, 0.15) is 50.5 Å². The highest BCUT2D eigenvalue weighted by Gasteiger charge is 2.37. The van der Waals surface area contributed by atoms with E-state index < -0.39 is 11.8 Å². The van der Waals surface area contributed by atoms with Crippen LogP contribution in [0, 0.1) is 12.8 Å². The van der Waals surface area contributed by atoms with Gasteiger partial charge in [0, 0.05) is 12.6 Å². The molecule has 0 unspecified atom stereocenters. The van der Waals surface area contributed by atoms with E-state index in [0.29, 0.717) is 24.0 Å². The molecule has 1 saturated carbocycles. The van der Waals surface area contributed by atoms with Gasteiger partial charge in [0.1, 0.15) is 5.82 Å². The fraction of sp³-hybridized carbons (Fsp3) is 0.632. The summed E-state index contributed by atoms with van der Waals surface area (Å²) in [5.74, 6) is -0.324. The molecule has 2 heterocycles. The van der Waals surface area contributed by atoms with Crippen molar-refractivity contribution in [2.45, 2.75) is 64.0 Å². The van der Waals surface area contributed by atoms with Gasteiger partial charge in [0.05, 0.1) is 18.0 Å². The second kappa shape index (κ2) is 8.03. The Balaban J connectivity index is 1.67. The Kier molecular flexibility index (Phi) is 5.76. The number of nitrogen functional groups attached to an aromatic ring is 1. The molecular formula is C19H28N4O3. The Morgan fingerprint density at radius 1 is 1.23 bits per heavy atom. The number of nitrogens with one attached hydrogen (secondary N) is 1. The van der Waals surface area contributed by atoms with Gasteiger partial charge >= 0.3 is 11.8 Å². The molecule has 1 aliphatic heterocycles. The molecule has 2 fully saturated rings. The summed E-state index contributed by atoms with van der Waals surface area (Å²) < 4.78 is 0. The second-order valence-electron chi connectivity index (χ2n) is 7.51. The van der Waals surface area contributed by atoms with Crippen molar-refractivity contribution < 1.29 is 14.7 Å². The second-order valence-corrected chi connectivity index (χ2v) is 7.51. The third kappa shape index (κ3) is 4.15. The molecule has 3 rings (SSSR count). The van der Waals surface area contributed by atoms with Gasteiger partial charge in [0.25, 0.3) is 0 Å². The predicted octanol–water partition coefficient (Wildman–Crippen LogP) is 1.84. The van der Waals surface area contributed by atoms with Crippen LogP contribution in [0.3, 0.4) is 0 Å². The van der Waals surface area contributed by atoms with Crippen LogP contribution >= 0.6 is 0 Å². The Labute approximate surface area is 154 Å². The van der Waals surface area contributed by atoms with Gasteiger partial charge in [0.2, 0.25) is 0 Å². The maximum atomic E-state index is 12.8. The van der Waals surface area contributed by atoms with E-state index in [4.69, 9.17) is 5.73 Å². The van der Waals surface area contributed by atoms with Crippen molar-refractivity contribution in [3.63, 3.8) is 0 Å². The molecule has 0 bridgehead atoms. The number of hydrogen-bond donors (Lipinski definition) is 3. The van der Waals surface area contributed by atoms with E-state index in [1.165, 1.54) is 6.20 Å². The van der Waals surface area contributed by atoms with Crippen molar-refractivity contribution in [1.82, 2.24) is 9.88 Å². The summed E-state index contributed by atoms with van der Waals surface area (Å²) >= 11 is 0. The van der Waals surface area contributed by atoms with Crippen LogP contribution in [-0.2, 0) is 9.59 Å². The molecule has 1 saturated heterocycles. The number of aliphatic hydroxyl groups excluding tert-OH is 1. The first-order chi connectivity index (χ1) is 12.5. The summed E-state index contributed by atoms with van der Waals surface area (Å²) in [6.45, 7) is 2.42. The lowest BCUT2D eigenvalue weighted by atomic mass is 9.79. The van der Waals surface area contributed by atoms with Gasteiger partial charge in [0.15, 0.2) is 0 Å². The number of rotatable bonds is 2. The van der Waals surface area contributed by atoms with E-state index >= 15 is 0 Å². The zero-order valence-electron chi connectivity index (χ0n) is 15.3. The van der Waals surface area contributed by atoms with Crippen LogP contribution in [0.2, 0.25) is 0 Å². The van der Waals surface area contributed by atoms with Crippen molar-refractivity contribution in [3.8, 4) is 0 Å². The zero-order chi connectivity index (χ0) is 18.7. The topological polar surface area (TPSA) is 109 Å². The average Bonchev–Trinajstić information content (AvgIpc) is 2.65. The van der Waals surface area contributed by atoms with Crippen LogP contribution in [0.15, 0.2) is 12.3 Å². The third-order valence-corrected chi connectivity index (χ3v) is 5.67. The van der Waals surface area contributed by atoms with Crippen molar-refractivity contribution in [1.29, 1.82) is 0 Å². The summed E-state index contributed by atoms with van der Waals surface area (Å²) in [7, 11) is 0. The smallest absolute Gasteiger partial charge is 0.313 e. The lowest BCUT2D eigenvalue weighted by Crippen LogP contribution is -2.51. The van der Waals surface area contributed by atoms with E-state index in [2.05, 4.69) is 10.3 Å². The Morgan fingerprint density at radius 2 is 1.96 bits per heavy atom. The zero-order valence-corrected chi connectivity index (χ0v) is 15.3. The number of aryl methyl sites for hydroxylation is 1. The summed E-state index contributed by atoms with van der Waals surface area (Å²) in [4.78, 5) is 31.0. The number of carbonyl (C=O) groups excluding carboxylic acids is 2. The van der Waals surface area contributed by atoms with Crippen molar-refractivity contribution in [2.24, 2.45) is 5.92 Å². The lowest BCUT2D eigenvalue weighted by Gasteiger charge is -2.42. The number of anilines is 2. The molecule has 2 amide bonds. The quantitative estimate of drug-likeness (QED) is 0.698. The average molecular weight is 360 g/mol. The highest BCUT2D eigenvalue weighted by atomic mass is 16.3. The molecule has 1 atom stereocenters. The summed E-state index contributed by atoms with van der Waals surface area (Å²) in [5.41, 5.74) is 6.92. The number of nitrogens with zero attached hydrogens (tertiary/aromatic N) is 2. The molecule has 4 N–H and O–H groups in total. The van der Waals surface area contributed by atoms with E-state index in [0.717, 1.165) is 50.5 Å². The van der Waals surface area contributed by atoms with Gasteiger partial charge in [-0.15, -0.1) is 0 Å². The lowest BCUT2D eigenvalue weighted by molar-refractivity contribution is -0.147. The largest absolute Gasteiger partial charge is 0.393 e. The molecule has 7 heteroatoms. The molecule has 0 radical (unpaired) electrons. The van der Waals surface area contributed by atoms with Crippen LogP contribution in [0.4, 0.5) is 11.5 Å². The number of piperidine rings is 1. The van der Waals surface area contributed by atoms with E-state index in [9.17, 15) is 14.7 Å². The Bertz CT molecular complexity index is 671. The van der Waals surface area contributed by atoms with E-state index in [1.54, 1.807) is 17.9 Å². The maximum absolute atomic E-state index is 12.8. The predicted molar refractivity (Wildman–Crippen MR) is 99.3 cm³/mol. The molecule has 0 aromatic carbocycles. The van der Waals surface area contributed by atoms with Crippen LogP contribution < -0.4 is 11.1 Å². The molecule has 0 spiro atoms. The number of aliphatic hydroxyl groups is 1. The van der Waals surface area contributed by atoms with Crippen molar-refractivity contribution in [2.75, 3.05) is 17.6 Å². The minimum absolute atomic E-state index is 0.0979. The fourth-order valence-corrected chi connectivity index (χ4v) is 4.15. The number of pyridine rings is 1. The standard InChI is InChI=1S/C19H28N4O3/c1-12-10-14(11-21-17(12)20)22-18(25)19(26)23-9-3-2-4-16(23)13-5-7-15(24)8-6-13/h10-11,13,15-16,24H,2-9H2,1H3,(H2,20,21)(H,22,25)/t13?,15?,16-/m0/s1. The molecule has 26 heavy (non-hydrogen) atoms. The van der Waals surface area contributed by atoms with Crippen molar-refractivity contribution in [3.05, 3.63) is 17.8 Å². The van der Waals surface area contributed by atoms with Gasteiger partial charge in [-0.05, 0) is 69.4 Å². The van der Waals surface area contributed by atoms with E-state index in [-0.39, 0.29) is 12.1 Å². The first kappa shape index (κ1) is 18.6. The van der Waals surface area contributed by atoms with E-state index in [1.807, 2.05) is 0 Å². The Morgan fingerprint density at radius 3 is 2.65 bits per heavy atom. The molecule has 142 valence electrons. The summed E-state index contributed by atoms with van der Waals surface area (Å²) in [6.07, 6.45) is 7.58. The first-order valence-corrected chi connectivity index (χ1v) is 9.48. The molecule has 1 aromatic rings. The number of nitrogens with two attached hydrogens (primary N) is 1. The number of amides is 2. The van der Waals surface area contributed by atoms with Gasteiger partial charge in [-0.25, -0.2) is 4.98 Å². The molecule has 1 aliphatic carbocycles. The number of carbonyl (C=O) groups is 2. The third-order valence-electron chi connectivity index (χ3n) is 5.67. The van der Waals surface area contributed by atoms with Gasteiger partial charge in [-0.1, -0.05) is 0 Å². The molecular weight excluding hydrogens is 332 g/mol. The van der Waals surface area contributed by atoms with Crippen molar-refractivity contribution >= 4 is 23.3 Å². The minimum atomic E-state index is -0.626. The molecule has 1 aromatic heterocycles. The number of aromatic nitrogens is 1. The highest BCUT2D eigenvalue weighted by Crippen LogP contribution is 2.34. The van der Waals surface area contributed by atoms with Gasteiger partial charge < -0.3 is 21.1 Å². The number of likely N-dealkylation sites (tertiary alicyclic amines) is 1. The first-order valence-electron chi connectivity index (χ1n) is 9.48. The number of hydrogen-bond acceptors (Lipinski definition) is 5. The highest BCUT2D eigenvalue weighted by molar-refractivity contribution is 6.39. The van der Waals surface area contributed by atoms with Gasteiger partial charge in [-0.2, -0.15) is 0 Å². The van der Waals surface area contributed by atoms with Crippen LogP contribution in [0.25, 0.3) is 0 Å². The summed E-state index contributed by atoms with van der Waals surface area (Å²) in [6, 6.07) is 1.81. The SMILES string of the molecule is Cc1cc(NC(=O)C(=O)N2CCCC[C@H]2C2CCC(O)CC2)cnc1N. The molecule has 2 aliphatic rings. The monoisotopic (exact) mass is 360 g/mol. The van der Waals surface area contributed by atoms with Gasteiger partial charge in [-0.3, -0.25) is 9.59 Å². The minimum Gasteiger partial charge on any atom is -0.393 e. The Hall–Kier alpha value is -2.15. The fourth-order valence-electron chi connectivity index (χ4n) is 4.15. The van der Waals surface area contributed by atoms with Crippen LogP contribution in [-0.4, -0.2) is 45.5 Å². The maximum Gasteiger partial charge on any atom is 0.313 e. The van der Waals surface area contributed by atoms with Crippen LogP contribution in [0.5, 0.6) is 0 Å². The molecule has 7 nitrogen and oxygen atoms in total. The summed E-state index contributed by atoms with van der Waals surface area (Å²) in [5, 5.41) is 12.4.